The monoisotopic (exact) mass is 292 g/mol. The van der Waals surface area contributed by atoms with Gasteiger partial charge in [0.1, 0.15) is 4.90 Å². The predicted octanol–water partition coefficient (Wildman–Crippen LogP) is 1.46. The third-order valence-electron chi connectivity index (χ3n) is 3.11. The van der Waals surface area contributed by atoms with Crippen molar-refractivity contribution in [2.24, 2.45) is 0 Å². The predicted molar refractivity (Wildman–Crippen MR) is 75.7 cm³/mol. The van der Waals surface area contributed by atoms with E-state index in [0.29, 0.717) is 12.2 Å². The Labute approximate surface area is 117 Å². The summed E-state index contributed by atoms with van der Waals surface area (Å²) in [6.07, 6.45) is 5.31. The first-order valence-corrected chi connectivity index (χ1v) is 7.96. The molecular weight excluding hydrogens is 276 g/mol. The Hall–Kier alpha value is -1.86. The van der Waals surface area contributed by atoms with Crippen LogP contribution in [0.4, 0.5) is 5.69 Å². The summed E-state index contributed by atoms with van der Waals surface area (Å²) >= 11 is 0. The highest BCUT2D eigenvalue weighted by Crippen LogP contribution is 2.26. The summed E-state index contributed by atoms with van der Waals surface area (Å²) < 4.78 is 27.3. The van der Waals surface area contributed by atoms with Gasteiger partial charge in [-0.15, -0.1) is 0 Å². The molecule has 1 aromatic heterocycles. The van der Waals surface area contributed by atoms with Crippen LogP contribution in [-0.2, 0) is 16.6 Å². The zero-order valence-corrected chi connectivity index (χ0v) is 11.7. The average molecular weight is 292 g/mol. The lowest BCUT2D eigenvalue weighted by Crippen LogP contribution is -2.26. The van der Waals surface area contributed by atoms with E-state index in [1.165, 1.54) is 0 Å². The quantitative estimate of drug-likeness (QED) is 0.752. The molecule has 0 atom stereocenters. The summed E-state index contributed by atoms with van der Waals surface area (Å²) in [4.78, 5) is 0.287. The SMILES string of the molecule is O=S(=O)(NC1CC1)c1ccccc1NCc1cn[nH]c1. The lowest BCUT2D eigenvalue weighted by Gasteiger charge is -2.12. The third kappa shape index (κ3) is 3.00. The van der Waals surface area contributed by atoms with Gasteiger partial charge in [0.25, 0.3) is 0 Å². The van der Waals surface area contributed by atoms with E-state index in [1.807, 2.05) is 6.07 Å². The zero-order chi connectivity index (χ0) is 14.0. The van der Waals surface area contributed by atoms with Crippen LogP contribution in [0.15, 0.2) is 41.6 Å². The highest BCUT2D eigenvalue weighted by atomic mass is 32.2. The number of rotatable bonds is 6. The molecule has 0 unspecified atom stereocenters. The van der Waals surface area contributed by atoms with Crippen molar-refractivity contribution in [3.8, 4) is 0 Å². The maximum absolute atomic E-state index is 12.3. The molecule has 20 heavy (non-hydrogen) atoms. The molecule has 1 aliphatic carbocycles. The van der Waals surface area contributed by atoms with Gasteiger partial charge in [-0.05, 0) is 25.0 Å². The summed E-state index contributed by atoms with van der Waals surface area (Å²) in [7, 11) is -3.45. The minimum absolute atomic E-state index is 0.0990. The second-order valence-electron chi connectivity index (χ2n) is 4.85. The smallest absolute Gasteiger partial charge is 0.242 e. The van der Waals surface area contributed by atoms with Crippen LogP contribution in [0.3, 0.4) is 0 Å². The van der Waals surface area contributed by atoms with Crippen molar-refractivity contribution in [3.05, 3.63) is 42.2 Å². The summed E-state index contributed by atoms with van der Waals surface area (Å²) in [5.74, 6) is 0. The number of nitrogens with one attached hydrogen (secondary N) is 3. The van der Waals surface area contributed by atoms with Crippen LogP contribution in [-0.4, -0.2) is 24.7 Å². The van der Waals surface area contributed by atoms with Gasteiger partial charge >= 0.3 is 0 Å². The zero-order valence-electron chi connectivity index (χ0n) is 10.8. The van der Waals surface area contributed by atoms with Gasteiger partial charge in [-0.2, -0.15) is 5.10 Å². The molecule has 106 valence electrons. The largest absolute Gasteiger partial charge is 0.380 e. The second-order valence-corrected chi connectivity index (χ2v) is 6.53. The van der Waals surface area contributed by atoms with Crippen LogP contribution >= 0.6 is 0 Å². The van der Waals surface area contributed by atoms with Gasteiger partial charge in [-0.3, -0.25) is 5.10 Å². The Bertz CT molecular complexity index is 678. The summed E-state index contributed by atoms with van der Waals surface area (Å²) in [5.41, 5.74) is 1.56. The Morgan fingerprint density at radius 3 is 2.80 bits per heavy atom. The lowest BCUT2D eigenvalue weighted by molar-refractivity contribution is 0.581. The van der Waals surface area contributed by atoms with E-state index in [9.17, 15) is 8.42 Å². The number of anilines is 1. The van der Waals surface area contributed by atoms with Crippen LogP contribution in [0.25, 0.3) is 0 Å². The number of H-pyrrole nitrogens is 1. The van der Waals surface area contributed by atoms with Crippen molar-refractivity contribution >= 4 is 15.7 Å². The van der Waals surface area contributed by atoms with E-state index < -0.39 is 10.0 Å². The van der Waals surface area contributed by atoms with Gasteiger partial charge in [0.2, 0.25) is 10.0 Å². The number of benzene rings is 1. The number of aromatic nitrogens is 2. The van der Waals surface area contributed by atoms with Crippen LogP contribution in [0.1, 0.15) is 18.4 Å². The van der Waals surface area contributed by atoms with Gasteiger partial charge in [-0.25, -0.2) is 13.1 Å². The number of nitrogens with zero attached hydrogens (tertiary/aromatic N) is 1. The fourth-order valence-electron chi connectivity index (χ4n) is 1.90. The first-order chi connectivity index (χ1) is 9.65. The van der Waals surface area contributed by atoms with Crippen molar-refractivity contribution in [1.82, 2.24) is 14.9 Å². The first kappa shape index (κ1) is 13.1. The van der Waals surface area contributed by atoms with Crippen LogP contribution in [0.5, 0.6) is 0 Å². The molecular formula is C13H16N4O2S. The Kier molecular flexibility index (Phi) is 3.45. The molecule has 0 saturated heterocycles. The molecule has 7 heteroatoms. The third-order valence-corrected chi connectivity index (χ3v) is 4.69. The van der Waals surface area contributed by atoms with Crippen LogP contribution < -0.4 is 10.0 Å². The van der Waals surface area contributed by atoms with E-state index in [0.717, 1.165) is 18.4 Å². The van der Waals surface area contributed by atoms with E-state index in [2.05, 4.69) is 20.2 Å². The Morgan fingerprint density at radius 1 is 1.30 bits per heavy atom. The van der Waals surface area contributed by atoms with Gasteiger partial charge in [0.15, 0.2) is 0 Å². The number of sulfonamides is 1. The second kappa shape index (κ2) is 5.26. The first-order valence-electron chi connectivity index (χ1n) is 6.48. The summed E-state index contributed by atoms with van der Waals surface area (Å²) in [5, 5.41) is 9.72. The number of para-hydroxylation sites is 1. The molecule has 3 rings (SSSR count). The maximum Gasteiger partial charge on any atom is 0.242 e. The Balaban J connectivity index is 1.80. The van der Waals surface area contributed by atoms with E-state index >= 15 is 0 Å². The number of hydrogen-bond acceptors (Lipinski definition) is 4. The fourth-order valence-corrected chi connectivity index (χ4v) is 3.39. The van der Waals surface area contributed by atoms with Gasteiger partial charge in [-0.1, -0.05) is 12.1 Å². The highest BCUT2D eigenvalue weighted by molar-refractivity contribution is 7.89. The highest BCUT2D eigenvalue weighted by Gasteiger charge is 2.29. The molecule has 0 aliphatic heterocycles. The Morgan fingerprint density at radius 2 is 2.10 bits per heavy atom. The molecule has 1 heterocycles. The fraction of sp³-hybridized carbons (Fsp3) is 0.308. The standard InChI is InChI=1S/C13H16N4O2S/c18-20(19,17-11-5-6-11)13-4-2-1-3-12(13)14-7-10-8-15-16-9-10/h1-4,8-9,11,14,17H,5-7H2,(H,15,16). The molecule has 0 amide bonds. The molecule has 0 radical (unpaired) electrons. The van der Waals surface area contributed by atoms with E-state index in [-0.39, 0.29) is 10.9 Å². The van der Waals surface area contributed by atoms with Crippen LogP contribution in [0, 0.1) is 0 Å². The molecule has 0 bridgehead atoms. The van der Waals surface area contributed by atoms with Crippen molar-refractivity contribution < 1.29 is 8.42 Å². The van der Waals surface area contributed by atoms with Crippen molar-refractivity contribution in [1.29, 1.82) is 0 Å². The lowest BCUT2D eigenvalue weighted by atomic mass is 10.3. The molecule has 1 aromatic carbocycles. The van der Waals surface area contributed by atoms with Crippen molar-refractivity contribution in [3.63, 3.8) is 0 Å². The maximum atomic E-state index is 12.3. The summed E-state index contributed by atoms with van der Waals surface area (Å²) in [6, 6.07) is 7.02. The van der Waals surface area contributed by atoms with Crippen molar-refractivity contribution in [2.45, 2.75) is 30.3 Å². The van der Waals surface area contributed by atoms with E-state index in [1.54, 1.807) is 30.6 Å². The topological polar surface area (TPSA) is 86.9 Å². The average Bonchev–Trinajstić information content (AvgIpc) is 3.07. The minimum atomic E-state index is -3.45. The molecule has 1 aliphatic rings. The van der Waals surface area contributed by atoms with Gasteiger partial charge in [0, 0.05) is 24.3 Å². The number of hydrogen-bond donors (Lipinski definition) is 3. The van der Waals surface area contributed by atoms with Gasteiger partial charge < -0.3 is 5.32 Å². The molecule has 0 spiro atoms. The van der Waals surface area contributed by atoms with Gasteiger partial charge in [0.05, 0.1) is 11.9 Å². The summed E-state index contributed by atoms with van der Waals surface area (Å²) in [6.45, 7) is 0.520. The molecule has 2 aromatic rings. The molecule has 3 N–H and O–H groups in total. The van der Waals surface area contributed by atoms with Crippen LogP contribution in [0.2, 0.25) is 0 Å². The molecule has 1 saturated carbocycles. The van der Waals surface area contributed by atoms with E-state index in [4.69, 9.17) is 0 Å². The normalized spacial score (nSPS) is 15.2. The molecule has 6 nitrogen and oxygen atoms in total. The number of aromatic amines is 1. The molecule has 1 fully saturated rings. The minimum Gasteiger partial charge on any atom is -0.380 e. The van der Waals surface area contributed by atoms with Crippen molar-refractivity contribution in [2.75, 3.05) is 5.32 Å².